The Kier molecular flexibility index (Phi) is 4.26. The Morgan fingerprint density at radius 3 is 2.63 bits per heavy atom. The number of nitrogens with one attached hydrogen (secondary N) is 1. The zero-order valence-corrected chi connectivity index (χ0v) is 12.5. The molecule has 1 aromatic heterocycles. The first kappa shape index (κ1) is 14.1. The predicted octanol–water partition coefficient (Wildman–Crippen LogP) is 0.615. The molecule has 1 aliphatic rings. The number of carbonyl (C=O) groups excluding carboxylic acids is 1. The van der Waals surface area contributed by atoms with Crippen LogP contribution in [0.4, 0.5) is 10.8 Å². The molecule has 0 atom stereocenters. The lowest BCUT2D eigenvalue weighted by atomic mass is 10.0. The van der Waals surface area contributed by atoms with E-state index in [-0.39, 0.29) is 5.91 Å². The molecular formula is C12H21N5OS. The van der Waals surface area contributed by atoms with Crippen molar-refractivity contribution in [3.63, 3.8) is 0 Å². The van der Waals surface area contributed by atoms with Crippen molar-refractivity contribution in [2.24, 2.45) is 0 Å². The minimum atomic E-state index is -0.156. The van der Waals surface area contributed by atoms with Crippen molar-refractivity contribution in [3.05, 3.63) is 5.56 Å². The van der Waals surface area contributed by atoms with Gasteiger partial charge in [0.2, 0.25) is 0 Å². The van der Waals surface area contributed by atoms with E-state index in [1.807, 2.05) is 0 Å². The molecule has 1 amide bonds. The summed E-state index contributed by atoms with van der Waals surface area (Å²) in [5, 5.41) is 3.52. The summed E-state index contributed by atoms with van der Waals surface area (Å²) in [5.74, 6) is 0.171. The van der Waals surface area contributed by atoms with E-state index in [4.69, 9.17) is 5.73 Å². The van der Waals surface area contributed by atoms with Gasteiger partial charge in [0.15, 0.2) is 5.82 Å². The number of nitrogens with zero attached hydrogens (tertiary/aromatic N) is 3. The number of hydrogen-bond acceptors (Lipinski definition) is 6. The van der Waals surface area contributed by atoms with E-state index in [0.29, 0.717) is 17.4 Å². The monoisotopic (exact) mass is 283 g/mol. The Labute approximate surface area is 117 Å². The summed E-state index contributed by atoms with van der Waals surface area (Å²) in [6.07, 6.45) is 2.19. The second-order valence-electron chi connectivity index (χ2n) is 5.01. The van der Waals surface area contributed by atoms with Gasteiger partial charge >= 0.3 is 0 Å². The number of carbonyl (C=O) groups is 1. The fraction of sp³-hybridized carbons (Fsp3) is 0.667. The largest absolute Gasteiger partial charge is 0.382 e. The average molecular weight is 283 g/mol. The lowest BCUT2D eigenvalue weighted by Crippen LogP contribution is -2.42. The molecule has 19 heavy (non-hydrogen) atoms. The van der Waals surface area contributed by atoms with Crippen molar-refractivity contribution in [1.29, 1.82) is 0 Å². The van der Waals surface area contributed by atoms with Gasteiger partial charge in [-0.1, -0.05) is 0 Å². The Hall–Kier alpha value is -1.34. The first-order chi connectivity index (χ1) is 9.04. The van der Waals surface area contributed by atoms with Crippen LogP contribution >= 0.6 is 11.5 Å². The van der Waals surface area contributed by atoms with Crippen molar-refractivity contribution < 1.29 is 4.79 Å². The van der Waals surface area contributed by atoms with Crippen LogP contribution in [0, 0.1) is 0 Å². The second kappa shape index (κ2) is 5.75. The number of hydrogen-bond donors (Lipinski definition) is 2. The van der Waals surface area contributed by atoms with E-state index in [2.05, 4.69) is 33.6 Å². The maximum Gasteiger partial charge on any atom is 0.257 e. The van der Waals surface area contributed by atoms with Crippen LogP contribution in [-0.4, -0.2) is 55.5 Å². The lowest BCUT2D eigenvalue weighted by molar-refractivity contribution is 0.0964. The molecule has 0 aliphatic carbocycles. The summed E-state index contributed by atoms with van der Waals surface area (Å²) >= 11 is 1.31. The Morgan fingerprint density at radius 2 is 2.11 bits per heavy atom. The van der Waals surface area contributed by atoms with Crippen molar-refractivity contribution in [2.75, 3.05) is 44.9 Å². The van der Waals surface area contributed by atoms with Crippen LogP contribution in [0.3, 0.4) is 0 Å². The minimum absolute atomic E-state index is 0.156. The molecule has 0 spiro atoms. The SMILES string of the molecule is CNC(=O)c1c(N)nsc1N1CCC(N(C)C)CC1. The van der Waals surface area contributed by atoms with Gasteiger partial charge in [-0.3, -0.25) is 4.79 Å². The highest BCUT2D eigenvalue weighted by Gasteiger charge is 2.27. The zero-order valence-electron chi connectivity index (χ0n) is 11.6. The van der Waals surface area contributed by atoms with Crippen LogP contribution in [0.1, 0.15) is 23.2 Å². The number of nitrogens with two attached hydrogens (primary N) is 1. The zero-order chi connectivity index (χ0) is 14.0. The van der Waals surface area contributed by atoms with Gasteiger partial charge in [0.25, 0.3) is 5.91 Å². The number of piperidine rings is 1. The Balaban J connectivity index is 2.14. The van der Waals surface area contributed by atoms with Gasteiger partial charge in [-0.25, -0.2) is 0 Å². The molecule has 3 N–H and O–H groups in total. The van der Waals surface area contributed by atoms with Crippen molar-refractivity contribution in [1.82, 2.24) is 14.6 Å². The van der Waals surface area contributed by atoms with Gasteiger partial charge in [0.1, 0.15) is 10.6 Å². The molecule has 0 radical (unpaired) electrons. The smallest absolute Gasteiger partial charge is 0.257 e. The van der Waals surface area contributed by atoms with E-state index in [0.717, 1.165) is 30.9 Å². The summed E-state index contributed by atoms with van der Waals surface area (Å²) < 4.78 is 4.12. The van der Waals surface area contributed by atoms with E-state index < -0.39 is 0 Å². The molecule has 0 aromatic carbocycles. The molecule has 2 heterocycles. The van der Waals surface area contributed by atoms with Crippen LogP contribution in [-0.2, 0) is 0 Å². The van der Waals surface area contributed by atoms with Gasteiger partial charge < -0.3 is 20.9 Å². The minimum Gasteiger partial charge on any atom is -0.382 e. The Bertz CT molecular complexity index is 451. The number of aromatic nitrogens is 1. The number of rotatable bonds is 3. The van der Waals surface area contributed by atoms with Crippen molar-refractivity contribution in [2.45, 2.75) is 18.9 Å². The molecule has 1 saturated heterocycles. The van der Waals surface area contributed by atoms with Crippen molar-refractivity contribution in [3.8, 4) is 0 Å². The van der Waals surface area contributed by atoms with E-state index in [9.17, 15) is 4.79 Å². The Morgan fingerprint density at radius 1 is 1.47 bits per heavy atom. The number of nitrogen functional groups attached to an aromatic ring is 1. The molecule has 1 aliphatic heterocycles. The first-order valence-corrected chi connectivity index (χ1v) is 7.20. The predicted molar refractivity (Wildman–Crippen MR) is 78.8 cm³/mol. The molecular weight excluding hydrogens is 262 g/mol. The first-order valence-electron chi connectivity index (χ1n) is 6.43. The van der Waals surface area contributed by atoms with Crippen LogP contribution < -0.4 is 16.0 Å². The summed E-state index contributed by atoms with van der Waals surface area (Å²) in [6, 6.07) is 0.616. The van der Waals surface area contributed by atoms with E-state index in [1.54, 1.807) is 7.05 Å². The third-order valence-corrected chi connectivity index (χ3v) is 4.56. The molecule has 1 aromatic rings. The third-order valence-electron chi connectivity index (χ3n) is 3.64. The van der Waals surface area contributed by atoms with Gasteiger partial charge in [-0.2, -0.15) is 4.37 Å². The summed E-state index contributed by atoms with van der Waals surface area (Å²) in [6.45, 7) is 1.88. The molecule has 0 bridgehead atoms. The highest BCUT2D eigenvalue weighted by atomic mass is 32.1. The molecule has 7 heteroatoms. The standard InChI is InChI=1S/C12H21N5OS/c1-14-11(18)9-10(13)15-19-12(9)17-6-4-8(5-7-17)16(2)3/h8H,4-7H2,1-3H3,(H2,13,15)(H,14,18). The van der Waals surface area contributed by atoms with Crippen LogP contribution in [0.15, 0.2) is 0 Å². The quantitative estimate of drug-likeness (QED) is 0.850. The average Bonchev–Trinajstić information content (AvgIpc) is 2.80. The highest BCUT2D eigenvalue weighted by molar-refractivity contribution is 7.11. The second-order valence-corrected chi connectivity index (χ2v) is 5.76. The normalized spacial score (nSPS) is 16.9. The van der Waals surface area contributed by atoms with E-state index in [1.165, 1.54) is 11.5 Å². The van der Waals surface area contributed by atoms with Crippen LogP contribution in [0.5, 0.6) is 0 Å². The summed E-state index contributed by atoms with van der Waals surface area (Å²) in [4.78, 5) is 16.4. The van der Waals surface area contributed by atoms with Crippen LogP contribution in [0.2, 0.25) is 0 Å². The topological polar surface area (TPSA) is 74.5 Å². The lowest BCUT2D eigenvalue weighted by Gasteiger charge is -2.35. The van der Waals surface area contributed by atoms with Gasteiger partial charge in [-0.15, -0.1) is 0 Å². The maximum atomic E-state index is 11.9. The van der Waals surface area contributed by atoms with Gasteiger partial charge in [-0.05, 0) is 38.5 Å². The van der Waals surface area contributed by atoms with Crippen molar-refractivity contribution >= 4 is 28.3 Å². The summed E-state index contributed by atoms with van der Waals surface area (Å²) in [7, 11) is 5.84. The fourth-order valence-electron chi connectivity index (χ4n) is 2.43. The van der Waals surface area contributed by atoms with Gasteiger partial charge in [0.05, 0.1) is 0 Å². The molecule has 0 saturated carbocycles. The number of anilines is 2. The molecule has 6 nitrogen and oxygen atoms in total. The molecule has 0 unspecified atom stereocenters. The molecule has 106 valence electrons. The van der Waals surface area contributed by atoms with Crippen LogP contribution in [0.25, 0.3) is 0 Å². The third kappa shape index (κ3) is 2.82. The maximum absolute atomic E-state index is 11.9. The number of amides is 1. The fourth-order valence-corrected chi connectivity index (χ4v) is 3.30. The highest BCUT2D eigenvalue weighted by Crippen LogP contribution is 2.32. The molecule has 1 fully saturated rings. The van der Waals surface area contributed by atoms with Gasteiger partial charge in [0, 0.05) is 26.2 Å². The molecule has 2 rings (SSSR count). The van der Waals surface area contributed by atoms with E-state index >= 15 is 0 Å². The summed E-state index contributed by atoms with van der Waals surface area (Å²) in [5.41, 5.74) is 6.33.